The number of aliphatic carboxylic acids is 2. The number of hydrogen-bond donors (Lipinski definition) is 2. The van der Waals surface area contributed by atoms with Gasteiger partial charge in [-0.25, -0.2) is 4.79 Å². The van der Waals surface area contributed by atoms with Gasteiger partial charge in [0.2, 0.25) is 6.10 Å². The van der Waals surface area contributed by atoms with Crippen molar-refractivity contribution in [3.05, 3.63) is 0 Å². The first kappa shape index (κ1) is 9.23. The molecule has 2 N–H and O–H groups in total. The van der Waals surface area contributed by atoms with Crippen molar-refractivity contribution in [1.82, 2.24) is 0 Å². The molecule has 0 aliphatic heterocycles. The normalized spacial score (nSPS) is 11.2. The Morgan fingerprint density at radius 1 is 1.55 bits per heavy atom. The van der Waals surface area contributed by atoms with Crippen molar-refractivity contribution in [2.24, 2.45) is 0 Å². The summed E-state index contributed by atoms with van der Waals surface area (Å²) in [5.74, 6) is -2.79. The summed E-state index contributed by atoms with van der Waals surface area (Å²) in [7, 11) is 0. The van der Waals surface area contributed by atoms with E-state index in [0.29, 0.717) is 0 Å². The van der Waals surface area contributed by atoms with E-state index in [9.17, 15) is 9.59 Å². The highest BCUT2D eigenvalue weighted by molar-refractivity contribution is 5.79. The molecule has 6 heteroatoms. The minimum Gasteiger partial charge on any atom is -0.481 e. The Bertz CT molecular complexity index is 205. The number of hydrogen-bond acceptors (Lipinski definition) is 4. The standard InChI is InChI=1S/C5H5NO5/c6-2-11-3(5(9)10)1-4(7)8/h3H,1H2,(H,7,8)(H,9,10). The molecule has 60 valence electrons. The maximum absolute atomic E-state index is 10.1. The lowest BCUT2D eigenvalue weighted by molar-refractivity contribution is -0.152. The summed E-state index contributed by atoms with van der Waals surface area (Å²) in [6.45, 7) is 0. The molecule has 0 radical (unpaired) electrons. The van der Waals surface area contributed by atoms with Crippen molar-refractivity contribution in [1.29, 1.82) is 5.26 Å². The summed E-state index contributed by atoms with van der Waals surface area (Å²) in [5, 5.41) is 24.2. The van der Waals surface area contributed by atoms with Gasteiger partial charge in [0.15, 0.2) is 0 Å². The van der Waals surface area contributed by atoms with E-state index in [1.165, 1.54) is 0 Å². The van der Waals surface area contributed by atoms with Crippen molar-refractivity contribution in [2.75, 3.05) is 0 Å². The number of rotatable bonds is 4. The topological polar surface area (TPSA) is 108 Å². The highest BCUT2D eigenvalue weighted by Crippen LogP contribution is 1.97. The maximum atomic E-state index is 10.1. The van der Waals surface area contributed by atoms with Gasteiger partial charge in [-0.15, -0.1) is 0 Å². The molecule has 0 heterocycles. The van der Waals surface area contributed by atoms with E-state index in [1.807, 2.05) is 0 Å². The first-order valence-electron chi connectivity index (χ1n) is 2.57. The second-order valence-corrected chi connectivity index (χ2v) is 1.63. The number of nitrogens with zero attached hydrogens (tertiary/aromatic N) is 1. The molecule has 0 aromatic heterocycles. The summed E-state index contributed by atoms with van der Waals surface area (Å²) in [6.07, 6.45) is -1.19. The Balaban J connectivity index is 4.02. The number of nitriles is 1. The molecule has 0 aliphatic carbocycles. The largest absolute Gasteiger partial charge is 0.481 e. The second-order valence-electron chi connectivity index (χ2n) is 1.63. The third-order valence-corrected chi connectivity index (χ3v) is 0.830. The first-order chi connectivity index (χ1) is 5.07. The van der Waals surface area contributed by atoms with Crippen LogP contribution >= 0.6 is 0 Å². The Hall–Kier alpha value is -1.77. The van der Waals surface area contributed by atoms with Crippen LogP contribution in [0.5, 0.6) is 0 Å². The molecule has 0 saturated heterocycles. The molecule has 0 aromatic rings. The van der Waals surface area contributed by atoms with Gasteiger partial charge in [0.05, 0.1) is 6.42 Å². The van der Waals surface area contributed by atoms with Crippen LogP contribution in [0.3, 0.4) is 0 Å². The monoisotopic (exact) mass is 159 g/mol. The van der Waals surface area contributed by atoms with Crippen LogP contribution in [-0.2, 0) is 14.3 Å². The molecule has 0 spiro atoms. The Kier molecular flexibility index (Phi) is 3.45. The number of ether oxygens (including phenoxy) is 1. The Labute approximate surface area is 61.6 Å². The SMILES string of the molecule is N#COC(CC(=O)O)C(=O)O. The summed E-state index contributed by atoms with van der Waals surface area (Å²) >= 11 is 0. The van der Waals surface area contributed by atoms with Crippen molar-refractivity contribution in [3.8, 4) is 6.26 Å². The smallest absolute Gasteiger partial charge is 0.346 e. The molecule has 0 fully saturated rings. The van der Waals surface area contributed by atoms with Crippen molar-refractivity contribution in [3.63, 3.8) is 0 Å². The molecule has 0 rings (SSSR count). The molecule has 0 bridgehead atoms. The van der Waals surface area contributed by atoms with Gasteiger partial charge in [0.1, 0.15) is 0 Å². The van der Waals surface area contributed by atoms with E-state index < -0.39 is 24.5 Å². The third kappa shape index (κ3) is 3.75. The van der Waals surface area contributed by atoms with Gasteiger partial charge in [0.25, 0.3) is 6.26 Å². The van der Waals surface area contributed by atoms with E-state index >= 15 is 0 Å². The van der Waals surface area contributed by atoms with Crippen molar-refractivity contribution in [2.45, 2.75) is 12.5 Å². The van der Waals surface area contributed by atoms with Crippen molar-refractivity contribution >= 4 is 11.9 Å². The van der Waals surface area contributed by atoms with Crippen LogP contribution in [0.2, 0.25) is 0 Å². The Morgan fingerprint density at radius 2 is 2.09 bits per heavy atom. The van der Waals surface area contributed by atoms with Gasteiger partial charge < -0.3 is 14.9 Å². The predicted octanol–water partition coefficient (Wildman–Crippen LogP) is -0.588. The van der Waals surface area contributed by atoms with E-state index in [2.05, 4.69) is 4.74 Å². The lowest BCUT2D eigenvalue weighted by atomic mass is 10.2. The third-order valence-electron chi connectivity index (χ3n) is 0.830. The second kappa shape index (κ2) is 4.11. The minimum atomic E-state index is -1.59. The first-order valence-corrected chi connectivity index (χ1v) is 2.57. The zero-order chi connectivity index (χ0) is 8.85. The molecular formula is C5H5NO5. The lowest BCUT2D eigenvalue weighted by Crippen LogP contribution is -2.25. The Morgan fingerprint density at radius 3 is 2.36 bits per heavy atom. The van der Waals surface area contributed by atoms with Gasteiger partial charge in [-0.3, -0.25) is 4.79 Å². The molecule has 6 nitrogen and oxygen atoms in total. The molecule has 0 saturated carbocycles. The average Bonchev–Trinajstić information content (AvgIpc) is 1.86. The number of carbonyl (C=O) groups is 2. The predicted molar refractivity (Wildman–Crippen MR) is 30.4 cm³/mol. The summed E-state index contributed by atoms with van der Waals surface area (Å²) in [6, 6.07) is 0. The highest BCUT2D eigenvalue weighted by atomic mass is 16.5. The minimum absolute atomic E-state index is 0.719. The fourth-order valence-corrected chi connectivity index (χ4v) is 0.402. The van der Waals surface area contributed by atoms with Crippen LogP contribution in [0.25, 0.3) is 0 Å². The van der Waals surface area contributed by atoms with E-state index in [4.69, 9.17) is 15.5 Å². The van der Waals surface area contributed by atoms with Crippen LogP contribution in [0.4, 0.5) is 0 Å². The van der Waals surface area contributed by atoms with Gasteiger partial charge in [-0.1, -0.05) is 0 Å². The summed E-state index contributed by atoms with van der Waals surface area (Å²) < 4.78 is 3.94. The van der Waals surface area contributed by atoms with Crippen LogP contribution in [0, 0.1) is 11.5 Å². The zero-order valence-corrected chi connectivity index (χ0v) is 5.35. The number of carboxylic acid groups (broad SMARTS) is 2. The highest BCUT2D eigenvalue weighted by Gasteiger charge is 2.22. The summed E-state index contributed by atoms with van der Waals surface area (Å²) in [5.41, 5.74) is 0. The van der Waals surface area contributed by atoms with Crippen LogP contribution in [0.15, 0.2) is 0 Å². The van der Waals surface area contributed by atoms with Gasteiger partial charge >= 0.3 is 11.9 Å². The average molecular weight is 159 g/mol. The molecule has 11 heavy (non-hydrogen) atoms. The zero-order valence-electron chi connectivity index (χ0n) is 5.35. The molecule has 0 aromatic carbocycles. The molecule has 0 aliphatic rings. The quantitative estimate of drug-likeness (QED) is 0.531. The van der Waals surface area contributed by atoms with Gasteiger partial charge in [-0.05, 0) is 0 Å². The number of carboxylic acids is 2. The van der Waals surface area contributed by atoms with E-state index in [-0.39, 0.29) is 0 Å². The summed E-state index contributed by atoms with van der Waals surface area (Å²) in [4.78, 5) is 20.0. The van der Waals surface area contributed by atoms with Crippen LogP contribution < -0.4 is 0 Å². The molecule has 1 atom stereocenters. The van der Waals surface area contributed by atoms with E-state index in [1.54, 1.807) is 0 Å². The molecular weight excluding hydrogens is 154 g/mol. The maximum Gasteiger partial charge on any atom is 0.346 e. The van der Waals surface area contributed by atoms with Crippen LogP contribution in [0.1, 0.15) is 6.42 Å². The lowest BCUT2D eigenvalue weighted by Gasteiger charge is -2.03. The molecule has 1 unspecified atom stereocenters. The van der Waals surface area contributed by atoms with Crippen molar-refractivity contribution < 1.29 is 24.5 Å². The molecule has 0 amide bonds. The van der Waals surface area contributed by atoms with E-state index in [0.717, 1.165) is 6.26 Å². The fourth-order valence-electron chi connectivity index (χ4n) is 0.402. The van der Waals surface area contributed by atoms with Gasteiger partial charge in [0, 0.05) is 0 Å². The van der Waals surface area contributed by atoms with Gasteiger partial charge in [-0.2, -0.15) is 5.26 Å². The fraction of sp³-hybridized carbons (Fsp3) is 0.400. The van der Waals surface area contributed by atoms with Crippen LogP contribution in [-0.4, -0.2) is 28.3 Å².